The van der Waals surface area contributed by atoms with Crippen LogP contribution < -0.4 is 21.3 Å². The van der Waals surface area contributed by atoms with Crippen molar-refractivity contribution in [2.75, 3.05) is 19.6 Å². The van der Waals surface area contributed by atoms with Crippen LogP contribution in [0.15, 0.2) is 0 Å². The van der Waals surface area contributed by atoms with Gasteiger partial charge < -0.3 is 35.8 Å². The molecule has 10 nitrogen and oxygen atoms in total. The summed E-state index contributed by atoms with van der Waals surface area (Å²) in [7, 11) is 0. The quantitative estimate of drug-likeness (QED) is 0.339. The average Bonchev–Trinajstić information content (AvgIpc) is 3.02. The topological polar surface area (TPSA) is 138 Å². The molecule has 1 aliphatic rings. The smallest absolute Gasteiger partial charge is 0.407 e. The van der Waals surface area contributed by atoms with Crippen LogP contribution in [0.4, 0.5) is 9.59 Å². The van der Waals surface area contributed by atoms with Crippen molar-refractivity contribution in [2.45, 2.75) is 96.6 Å². The van der Waals surface area contributed by atoms with Crippen molar-refractivity contribution in [1.29, 1.82) is 0 Å². The molecule has 10 heteroatoms. The number of hydrogen-bond acceptors (Lipinski definition) is 7. The predicted octanol–water partition coefficient (Wildman–Crippen LogP) is 1.41. The lowest BCUT2D eigenvalue weighted by molar-refractivity contribution is -0.123. The van der Waals surface area contributed by atoms with Gasteiger partial charge in [-0.15, -0.1) is 0 Å². The lowest BCUT2D eigenvalue weighted by Crippen LogP contribution is -2.48. The number of unbranched alkanes of at least 4 members (excludes halogenated alkanes) is 1. The summed E-state index contributed by atoms with van der Waals surface area (Å²) in [5, 5.41) is 20.9. The summed E-state index contributed by atoms with van der Waals surface area (Å²) in [6.45, 7) is 11.8. The van der Waals surface area contributed by atoms with Crippen LogP contribution in [-0.2, 0) is 14.3 Å². The fraction of sp³-hybridized carbons (Fsp3) is 0.857. The molecule has 0 aromatic heterocycles. The van der Waals surface area contributed by atoms with Crippen LogP contribution >= 0.6 is 0 Å². The Hall–Kier alpha value is -2.07. The van der Waals surface area contributed by atoms with Gasteiger partial charge in [0.25, 0.3) is 0 Å². The second-order valence-electron chi connectivity index (χ2n) is 9.86. The number of ether oxygens (including phenoxy) is 2. The molecule has 0 spiro atoms. The van der Waals surface area contributed by atoms with Gasteiger partial charge in [-0.3, -0.25) is 4.79 Å². The maximum Gasteiger partial charge on any atom is 0.407 e. The summed E-state index contributed by atoms with van der Waals surface area (Å²) < 4.78 is 10.5. The molecule has 31 heavy (non-hydrogen) atoms. The van der Waals surface area contributed by atoms with Crippen LogP contribution in [-0.4, -0.2) is 72.2 Å². The van der Waals surface area contributed by atoms with Crippen molar-refractivity contribution < 1.29 is 29.0 Å². The van der Waals surface area contributed by atoms with Gasteiger partial charge in [0.2, 0.25) is 5.91 Å². The van der Waals surface area contributed by atoms with E-state index in [9.17, 15) is 19.5 Å². The van der Waals surface area contributed by atoms with Crippen LogP contribution in [0.2, 0.25) is 0 Å². The number of hydrogen-bond donors (Lipinski definition) is 5. The van der Waals surface area contributed by atoms with Gasteiger partial charge in [-0.1, -0.05) is 0 Å². The molecule has 1 aliphatic heterocycles. The van der Waals surface area contributed by atoms with Crippen LogP contribution in [0.5, 0.6) is 0 Å². The van der Waals surface area contributed by atoms with E-state index in [0.29, 0.717) is 38.8 Å². The molecule has 0 aromatic rings. The van der Waals surface area contributed by atoms with E-state index in [-0.39, 0.29) is 18.5 Å². The van der Waals surface area contributed by atoms with Crippen LogP contribution in [0, 0.1) is 0 Å². The highest BCUT2D eigenvalue weighted by molar-refractivity contribution is 5.82. The van der Waals surface area contributed by atoms with Crippen molar-refractivity contribution in [3.05, 3.63) is 0 Å². The molecule has 180 valence electrons. The van der Waals surface area contributed by atoms with Gasteiger partial charge in [0, 0.05) is 25.7 Å². The maximum atomic E-state index is 12.3. The minimum atomic E-state index is -0.626. The van der Waals surface area contributed by atoms with E-state index in [4.69, 9.17) is 9.47 Å². The number of rotatable bonds is 9. The number of β-amino-alcohol motifs (C(OH)–C–C–N with tert-alkyl or cyclic N) is 1. The Balaban J connectivity index is 2.45. The molecule has 0 unspecified atom stereocenters. The van der Waals surface area contributed by atoms with Gasteiger partial charge >= 0.3 is 12.2 Å². The van der Waals surface area contributed by atoms with Gasteiger partial charge in [-0.25, -0.2) is 9.59 Å². The van der Waals surface area contributed by atoms with E-state index >= 15 is 0 Å². The number of amides is 3. The Kier molecular flexibility index (Phi) is 10.5. The zero-order valence-electron chi connectivity index (χ0n) is 19.7. The summed E-state index contributed by atoms with van der Waals surface area (Å²) in [6, 6.07) is -0.762. The van der Waals surface area contributed by atoms with E-state index in [0.717, 1.165) is 0 Å². The Morgan fingerprint density at radius 1 is 1.00 bits per heavy atom. The Labute approximate surface area is 185 Å². The molecule has 1 saturated heterocycles. The molecule has 1 heterocycles. The molecule has 3 atom stereocenters. The summed E-state index contributed by atoms with van der Waals surface area (Å²) in [5.41, 5.74) is -1.17. The zero-order valence-corrected chi connectivity index (χ0v) is 19.7. The van der Waals surface area contributed by atoms with Gasteiger partial charge in [0.05, 0.1) is 12.1 Å². The van der Waals surface area contributed by atoms with Gasteiger partial charge in [-0.05, 0) is 67.2 Å². The first-order chi connectivity index (χ1) is 14.2. The third-order valence-electron chi connectivity index (χ3n) is 4.32. The molecule has 0 aliphatic carbocycles. The van der Waals surface area contributed by atoms with E-state index < -0.39 is 35.5 Å². The molecule has 0 bridgehead atoms. The number of carbonyl (C=O) groups excluding carboxylic acids is 3. The van der Waals surface area contributed by atoms with Crippen molar-refractivity contribution >= 4 is 18.1 Å². The molecule has 3 amide bonds. The molecule has 1 fully saturated rings. The van der Waals surface area contributed by atoms with Crippen molar-refractivity contribution in [1.82, 2.24) is 21.3 Å². The van der Waals surface area contributed by atoms with Gasteiger partial charge in [-0.2, -0.15) is 0 Å². The van der Waals surface area contributed by atoms with Crippen LogP contribution in [0.3, 0.4) is 0 Å². The zero-order chi connectivity index (χ0) is 23.7. The average molecular weight is 445 g/mol. The summed E-state index contributed by atoms with van der Waals surface area (Å²) >= 11 is 0. The van der Waals surface area contributed by atoms with Gasteiger partial charge in [0.1, 0.15) is 11.2 Å². The van der Waals surface area contributed by atoms with Crippen molar-refractivity contribution in [3.63, 3.8) is 0 Å². The summed E-state index contributed by atoms with van der Waals surface area (Å²) in [4.78, 5) is 36.1. The van der Waals surface area contributed by atoms with E-state index in [1.807, 2.05) is 0 Å². The minimum absolute atomic E-state index is 0.209. The Morgan fingerprint density at radius 2 is 1.61 bits per heavy atom. The largest absolute Gasteiger partial charge is 0.444 e. The number of aliphatic hydroxyl groups excluding tert-OH is 1. The van der Waals surface area contributed by atoms with E-state index in [1.165, 1.54) is 0 Å². The second kappa shape index (κ2) is 12.1. The second-order valence-corrected chi connectivity index (χ2v) is 9.86. The minimum Gasteiger partial charge on any atom is -0.444 e. The predicted molar refractivity (Wildman–Crippen MR) is 117 cm³/mol. The Morgan fingerprint density at radius 3 is 2.16 bits per heavy atom. The lowest BCUT2D eigenvalue weighted by atomic mass is 10.1. The molecule has 5 N–H and O–H groups in total. The van der Waals surface area contributed by atoms with E-state index in [1.54, 1.807) is 41.5 Å². The first-order valence-electron chi connectivity index (χ1n) is 10.9. The molecular formula is C21H40N4O6. The standard InChI is InChI=1S/C21H40N4O6/c1-20(2,3)30-18(28)22-10-8-7-9-14(25-19(29)31-21(4,5)6)12-24-17(27)16-11-15(26)13-23-16/h14-16,23,26H,7-13H2,1-6H3,(H,22,28)(H,24,27)(H,25,29)/t14-,15+,16-/m0/s1. The number of alkyl carbamates (subject to hydrolysis) is 2. The SMILES string of the molecule is CC(C)(C)OC(=O)NCCCC[C@@H](CNC(=O)[C@@H]1C[C@@H](O)CN1)NC(=O)OC(C)(C)C. The fourth-order valence-corrected chi connectivity index (χ4v) is 2.98. The highest BCUT2D eigenvalue weighted by Crippen LogP contribution is 2.10. The Bertz CT molecular complexity index is 600. The summed E-state index contributed by atoms with van der Waals surface area (Å²) in [5.74, 6) is -0.209. The number of carbonyl (C=O) groups is 3. The molecule has 1 rings (SSSR count). The van der Waals surface area contributed by atoms with E-state index in [2.05, 4.69) is 21.3 Å². The first kappa shape index (κ1) is 27.0. The molecule has 0 saturated carbocycles. The monoisotopic (exact) mass is 444 g/mol. The van der Waals surface area contributed by atoms with Crippen LogP contribution in [0.25, 0.3) is 0 Å². The molecular weight excluding hydrogens is 404 g/mol. The van der Waals surface area contributed by atoms with Crippen LogP contribution in [0.1, 0.15) is 67.2 Å². The summed E-state index contributed by atoms with van der Waals surface area (Å²) in [6.07, 6.45) is 0.830. The maximum absolute atomic E-state index is 12.3. The number of aliphatic hydroxyl groups is 1. The van der Waals surface area contributed by atoms with Gasteiger partial charge in [0.15, 0.2) is 0 Å². The highest BCUT2D eigenvalue weighted by atomic mass is 16.6. The van der Waals surface area contributed by atoms with Crippen molar-refractivity contribution in [3.8, 4) is 0 Å². The normalized spacial score (nSPS) is 20.0. The first-order valence-corrected chi connectivity index (χ1v) is 10.9. The molecule has 0 radical (unpaired) electrons. The number of nitrogens with one attached hydrogen (secondary N) is 4. The fourth-order valence-electron chi connectivity index (χ4n) is 2.98. The third-order valence-corrected chi connectivity index (χ3v) is 4.32. The third kappa shape index (κ3) is 13.1. The lowest BCUT2D eigenvalue weighted by Gasteiger charge is -2.24. The van der Waals surface area contributed by atoms with Crippen molar-refractivity contribution in [2.24, 2.45) is 0 Å². The molecule has 0 aromatic carbocycles. The highest BCUT2D eigenvalue weighted by Gasteiger charge is 2.28.